The molecule has 3 amide bonds. The third kappa shape index (κ3) is 5.40. The van der Waals surface area contributed by atoms with Crippen LogP contribution in [0.2, 0.25) is 0 Å². The average molecular weight is 337 g/mol. The van der Waals surface area contributed by atoms with E-state index >= 15 is 0 Å². The minimum Gasteiger partial charge on any atom is -0.493 e. The Kier molecular flexibility index (Phi) is 6.40. The fourth-order valence-corrected chi connectivity index (χ4v) is 2.59. The predicted octanol–water partition coefficient (Wildman–Crippen LogP) is 1.71. The van der Waals surface area contributed by atoms with Crippen molar-refractivity contribution in [3.05, 3.63) is 30.1 Å². The molecule has 7 heteroatoms. The van der Waals surface area contributed by atoms with Gasteiger partial charge in [0.2, 0.25) is 5.91 Å². The van der Waals surface area contributed by atoms with Crippen LogP contribution in [0, 0.1) is 11.7 Å². The molecule has 24 heavy (non-hydrogen) atoms. The second-order valence-corrected chi connectivity index (χ2v) is 6.17. The van der Waals surface area contributed by atoms with Gasteiger partial charge in [-0.2, -0.15) is 0 Å². The number of amides is 3. The molecule has 6 nitrogen and oxygen atoms in total. The highest BCUT2D eigenvalue weighted by molar-refractivity contribution is 5.83. The van der Waals surface area contributed by atoms with E-state index in [4.69, 9.17) is 4.74 Å². The maximum absolute atomic E-state index is 12.9. The van der Waals surface area contributed by atoms with Gasteiger partial charge in [0.05, 0.1) is 13.2 Å². The van der Waals surface area contributed by atoms with E-state index in [0.29, 0.717) is 25.4 Å². The van der Waals surface area contributed by atoms with Crippen molar-refractivity contribution >= 4 is 11.9 Å². The Morgan fingerprint density at radius 2 is 2.04 bits per heavy atom. The monoisotopic (exact) mass is 337 g/mol. The van der Waals surface area contributed by atoms with E-state index in [2.05, 4.69) is 5.32 Å². The molecule has 0 aromatic heterocycles. The van der Waals surface area contributed by atoms with E-state index in [1.165, 1.54) is 17.0 Å². The second kappa shape index (κ2) is 8.52. The Morgan fingerprint density at radius 1 is 1.33 bits per heavy atom. The molecule has 132 valence electrons. The number of rotatable bonds is 5. The van der Waals surface area contributed by atoms with Crippen LogP contribution in [-0.4, -0.2) is 62.1 Å². The molecular formula is C17H24FN3O3. The molecule has 2 rings (SSSR count). The van der Waals surface area contributed by atoms with Gasteiger partial charge in [0.1, 0.15) is 11.6 Å². The number of hydrogen-bond acceptors (Lipinski definition) is 3. The quantitative estimate of drug-likeness (QED) is 0.890. The van der Waals surface area contributed by atoms with Crippen LogP contribution in [0.25, 0.3) is 0 Å². The maximum Gasteiger partial charge on any atom is 0.317 e. The lowest BCUT2D eigenvalue weighted by molar-refractivity contribution is -0.132. The van der Waals surface area contributed by atoms with Crippen molar-refractivity contribution in [2.45, 2.75) is 12.8 Å². The van der Waals surface area contributed by atoms with Crippen LogP contribution in [0.3, 0.4) is 0 Å². The Bertz CT molecular complexity index is 563. The van der Waals surface area contributed by atoms with Crippen LogP contribution in [0.15, 0.2) is 24.3 Å². The van der Waals surface area contributed by atoms with Crippen molar-refractivity contribution in [2.75, 3.05) is 40.3 Å². The molecular weight excluding hydrogens is 313 g/mol. The largest absolute Gasteiger partial charge is 0.493 e. The first-order valence-corrected chi connectivity index (χ1v) is 8.07. The number of hydrogen-bond donors (Lipinski definition) is 1. The van der Waals surface area contributed by atoms with Gasteiger partial charge in [-0.25, -0.2) is 9.18 Å². The van der Waals surface area contributed by atoms with Crippen molar-refractivity contribution in [1.29, 1.82) is 0 Å². The topological polar surface area (TPSA) is 61.9 Å². The minimum atomic E-state index is -0.295. The molecule has 1 aromatic rings. The first-order chi connectivity index (χ1) is 11.5. The fraction of sp³-hybridized carbons (Fsp3) is 0.529. The van der Waals surface area contributed by atoms with Gasteiger partial charge in [0, 0.05) is 33.1 Å². The molecule has 0 saturated carbocycles. The Hall–Kier alpha value is -2.31. The lowest BCUT2D eigenvalue weighted by atomic mass is 9.99. The molecule has 1 fully saturated rings. The number of likely N-dealkylation sites (tertiary alicyclic amines) is 1. The van der Waals surface area contributed by atoms with Crippen molar-refractivity contribution < 1.29 is 18.7 Å². The highest BCUT2D eigenvalue weighted by atomic mass is 19.1. The van der Waals surface area contributed by atoms with Gasteiger partial charge >= 0.3 is 6.03 Å². The number of nitrogens with one attached hydrogen (secondary N) is 1. The summed E-state index contributed by atoms with van der Waals surface area (Å²) in [6.07, 6.45) is 1.89. The van der Waals surface area contributed by atoms with E-state index in [9.17, 15) is 14.0 Å². The molecule has 1 aliphatic rings. The minimum absolute atomic E-state index is 0.00253. The van der Waals surface area contributed by atoms with Crippen LogP contribution in [0.1, 0.15) is 12.8 Å². The number of carbonyl (C=O) groups excluding carboxylic acids is 2. The molecule has 0 aliphatic carbocycles. The molecule has 0 unspecified atom stereocenters. The van der Waals surface area contributed by atoms with Crippen LogP contribution >= 0.6 is 0 Å². The molecule has 1 aromatic carbocycles. The molecule has 1 aliphatic heterocycles. The summed E-state index contributed by atoms with van der Waals surface area (Å²) in [5, 5.41) is 2.59. The Balaban J connectivity index is 1.77. The zero-order chi connectivity index (χ0) is 17.5. The number of ether oxygens (including phenoxy) is 1. The zero-order valence-electron chi connectivity index (χ0n) is 14.1. The van der Waals surface area contributed by atoms with Gasteiger partial charge in [-0.3, -0.25) is 4.79 Å². The van der Waals surface area contributed by atoms with Gasteiger partial charge in [-0.05, 0) is 37.1 Å². The molecule has 1 saturated heterocycles. The maximum atomic E-state index is 12.9. The van der Waals surface area contributed by atoms with Crippen molar-refractivity contribution in [3.8, 4) is 5.75 Å². The molecule has 0 radical (unpaired) electrons. The Labute approximate surface area is 141 Å². The number of carbonyl (C=O) groups is 2. The summed E-state index contributed by atoms with van der Waals surface area (Å²) in [4.78, 5) is 26.8. The number of halogens is 1. The Morgan fingerprint density at radius 3 is 2.71 bits per heavy atom. The highest BCUT2D eigenvalue weighted by Crippen LogP contribution is 2.19. The summed E-state index contributed by atoms with van der Waals surface area (Å²) in [6, 6.07) is 5.63. The van der Waals surface area contributed by atoms with Crippen LogP contribution in [0.4, 0.5) is 9.18 Å². The molecule has 0 spiro atoms. The van der Waals surface area contributed by atoms with E-state index < -0.39 is 0 Å². The number of piperidine rings is 1. The van der Waals surface area contributed by atoms with Crippen LogP contribution in [0.5, 0.6) is 5.75 Å². The molecule has 0 bridgehead atoms. The lowest BCUT2D eigenvalue weighted by Gasteiger charge is -2.32. The lowest BCUT2D eigenvalue weighted by Crippen LogP contribution is -2.47. The SMILES string of the molecule is CN(C)C(=O)NCC(=O)N1CCC[C@@H](COc2ccc(F)cc2)C1. The summed E-state index contributed by atoms with van der Waals surface area (Å²) >= 11 is 0. The third-order valence-electron chi connectivity index (χ3n) is 3.97. The first-order valence-electron chi connectivity index (χ1n) is 8.07. The summed E-state index contributed by atoms with van der Waals surface area (Å²) < 4.78 is 18.5. The standard InChI is InChI=1S/C17H24FN3O3/c1-20(2)17(23)19-10-16(22)21-9-3-4-13(11-21)12-24-15-7-5-14(18)6-8-15/h5-8,13H,3-4,9-12H2,1-2H3,(H,19,23)/t13-/m1/s1. The van der Waals surface area contributed by atoms with Gasteiger partial charge in [-0.1, -0.05) is 0 Å². The normalized spacial score (nSPS) is 17.3. The van der Waals surface area contributed by atoms with Gasteiger partial charge in [0.15, 0.2) is 0 Å². The summed E-state index contributed by atoms with van der Waals surface area (Å²) in [7, 11) is 3.26. The van der Waals surface area contributed by atoms with E-state index in [-0.39, 0.29) is 30.2 Å². The summed E-state index contributed by atoms with van der Waals surface area (Å²) in [5.41, 5.74) is 0. The summed E-state index contributed by atoms with van der Waals surface area (Å²) in [6.45, 7) is 1.80. The van der Waals surface area contributed by atoms with Gasteiger partial charge in [-0.15, -0.1) is 0 Å². The zero-order valence-corrected chi connectivity index (χ0v) is 14.1. The van der Waals surface area contributed by atoms with Crippen molar-refractivity contribution in [2.24, 2.45) is 5.92 Å². The average Bonchev–Trinajstić information content (AvgIpc) is 2.59. The van der Waals surface area contributed by atoms with Gasteiger partial charge < -0.3 is 19.9 Å². The molecule has 1 atom stereocenters. The smallest absolute Gasteiger partial charge is 0.317 e. The number of urea groups is 1. The molecule has 1 N–H and O–H groups in total. The highest BCUT2D eigenvalue weighted by Gasteiger charge is 2.24. The summed E-state index contributed by atoms with van der Waals surface area (Å²) in [5.74, 6) is 0.476. The third-order valence-corrected chi connectivity index (χ3v) is 3.97. The van der Waals surface area contributed by atoms with Crippen molar-refractivity contribution in [1.82, 2.24) is 15.1 Å². The van der Waals surface area contributed by atoms with E-state index in [0.717, 1.165) is 12.8 Å². The van der Waals surface area contributed by atoms with E-state index in [1.54, 1.807) is 31.1 Å². The molecule has 1 heterocycles. The van der Waals surface area contributed by atoms with Gasteiger partial charge in [0.25, 0.3) is 0 Å². The first kappa shape index (κ1) is 18.0. The number of nitrogens with zero attached hydrogens (tertiary/aromatic N) is 2. The second-order valence-electron chi connectivity index (χ2n) is 6.17. The van der Waals surface area contributed by atoms with Crippen LogP contribution < -0.4 is 10.1 Å². The number of benzene rings is 1. The van der Waals surface area contributed by atoms with E-state index in [1.807, 2.05) is 0 Å². The fourth-order valence-electron chi connectivity index (χ4n) is 2.59. The van der Waals surface area contributed by atoms with Crippen LogP contribution in [-0.2, 0) is 4.79 Å². The van der Waals surface area contributed by atoms with Crippen molar-refractivity contribution in [3.63, 3.8) is 0 Å². The predicted molar refractivity (Wildman–Crippen MR) is 88.3 cm³/mol.